The first kappa shape index (κ1) is 8.26. The van der Waals surface area contributed by atoms with Crippen molar-refractivity contribution in [2.45, 2.75) is 0 Å². The lowest BCUT2D eigenvalue weighted by Gasteiger charge is -2.11. The summed E-state index contributed by atoms with van der Waals surface area (Å²) in [5.74, 6) is 0.778. The molecule has 0 saturated carbocycles. The molecule has 0 spiro atoms. The zero-order valence-corrected chi connectivity index (χ0v) is 7.62. The smallest absolute Gasteiger partial charge is 0.198 e. The Bertz CT molecular complexity index is 356. The molecule has 3 nitrogen and oxygen atoms in total. The van der Waals surface area contributed by atoms with Gasteiger partial charge in [-0.25, -0.2) is 9.98 Å². The van der Waals surface area contributed by atoms with E-state index in [-0.39, 0.29) is 0 Å². The monoisotopic (exact) mass is 193 g/mol. The Morgan fingerprint density at radius 3 is 2.62 bits per heavy atom. The van der Waals surface area contributed by atoms with E-state index in [0.29, 0.717) is 12.0 Å². The first-order chi connectivity index (χ1) is 6.36. The molecule has 0 bridgehead atoms. The average Bonchev–Trinajstić information content (AvgIpc) is 2.19. The SMILES string of the molecule is ClC1=NCN=C(c2ccccc2)N1. The number of hydrogen-bond acceptors (Lipinski definition) is 3. The second kappa shape index (κ2) is 3.58. The van der Waals surface area contributed by atoms with Crippen molar-refractivity contribution in [2.75, 3.05) is 6.67 Å². The summed E-state index contributed by atoms with van der Waals surface area (Å²) in [7, 11) is 0. The van der Waals surface area contributed by atoms with E-state index in [9.17, 15) is 0 Å². The minimum absolute atomic E-state index is 0.397. The molecule has 2 rings (SSSR count). The topological polar surface area (TPSA) is 36.8 Å². The van der Waals surface area contributed by atoms with Gasteiger partial charge < -0.3 is 5.32 Å². The van der Waals surface area contributed by atoms with Crippen LogP contribution >= 0.6 is 11.6 Å². The maximum Gasteiger partial charge on any atom is 0.198 e. The molecule has 0 fully saturated rings. The molecule has 1 N–H and O–H groups in total. The molecule has 0 atom stereocenters. The van der Waals surface area contributed by atoms with Crippen molar-refractivity contribution in [3.8, 4) is 0 Å². The van der Waals surface area contributed by atoms with E-state index < -0.39 is 0 Å². The third-order valence-electron chi connectivity index (χ3n) is 1.71. The summed E-state index contributed by atoms with van der Waals surface area (Å²) < 4.78 is 0. The van der Waals surface area contributed by atoms with Crippen molar-refractivity contribution in [2.24, 2.45) is 9.98 Å². The third kappa shape index (κ3) is 1.87. The van der Waals surface area contributed by atoms with Crippen molar-refractivity contribution >= 4 is 22.7 Å². The summed E-state index contributed by atoms with van der Waals surface area (Å²) in [5.41, 5.74) is 1.02. The zero-order chi connectivity index (χ0) is 9.10. The van der Waals surface area contributed by atoms with Crippen molar-refractivity contribution in [3.63, 3.8) is 0 Å². The predicted octanol–water partition coefficient (Wildman–Crippen LogP) is 1.59. The van der Waals surface area contributed by atoms with Gasteiger partial charge in [0, 0.05) is 5.56 Å². The quantitative estimate of drug-likeness (QED) is 0.676. The molecule has 0 radical (unpaired) electrons. The number of halogens is 1. The highest BCUT2D eigenvalue weighted by Crippen LogP contribution is 2.03. The highest BCUT2D eigenvalue weighted by atomic mass is 35.5. The Morgan fingerprint density at radius 2 is 1.92 bits per heavy atom. The van der Waals surface area contributed by atoms with Crippen LogP contribution in [-0.4, -0.2) is 17.8 Å². The number of nitrogens with zero attached hydrogens (tertiary/aromatic N) is 2. The van der Waals surface area contributed by atoms with Crippen LogP contribution in [0.1, 0.15) is 5.56 Å². The minimum atomic E-state index is 0.397. The van der Waals surface area contributed by atoms with Crippen LogP contribution in [0.15, 0.2) is 40.3 Å². The van der Waals surface area contributed by atoms with Crippen LogP contribution in [0.4, 0.5) is 0 Å². The first-order valence-electron chi connectivity index (χ1n) is 3.93. The van der Waals surface area contributed by atoms with Gasteiger partial charge in [0.25, 0.3) is 0 Å². The molecule has 1 aliphatic heterocycles. The number of amidine groups is 2. The zero-order valence-electron chi connectivity index (χ0n) is 6.87. The number of benzene rings is 1. The highest BCUT2D eigenvalue weighted by Gasteiger charge is 2.07. The normalized spacial score (nSPS) is 15.8. The fraction of sp³-hybridized carbons (Fsp3) is 0.111. The van der Waals surface area contributed by atoms with Gasteiger partial charge in [-0.05, 0) is 11.6 Å². The second-order valence-corrected chi connectivity index (χ2v) is 2.95. The van der Waals surface area contributed by atoms with Crippen LogP contribution in [0.3, 0.4) is 0 Å². The summed E-state index contributed by atoms with van der Waals surface area (Å²) in [4.78, 5) is 8.07. The number of aliphatic imine (C=N–C) groups is 2. The maximum atomic E-state index is 5.72. The van der Waals surface area contributed by atoms with Crippen LogP contribution in [-0.2, 0) is 0 Å². The largest absolute Gasteiger partial charge is 0.315 e. The lowest BCUT2D eigenvalue weighted by molar-refractivity contribution is 1.01. The highest BCUT2D eigenvalue weighted by molar-refractivity contribution is 6.66. The van der Waals surface area contributed by atoms with E-state index >= 15 is 0 Å². The van der Waals surface area contributed by atoms with E-state index in [1.54, 1.807) is 0 Å². The summed E-state index contributed by atoms with van der Waals surface area (Å²) in [5, 5.41) is 3.30. The van der Waals surface area contributed by atoms with Gasteiger partial charge in [0.1, 0.15) is 12.5 Å². The molecule has 0 amide bonds. The van der Waals surface area contributed by atoms with Crippen LogP contribution in [0.5, 0.6) is 0 Å². The summed E-state index contributed by atoms with van der Waals surface area (Å²) in [6, 6.07) is 9.82. The van der Waals surface area contributed by atoms with Crippen molar-refractivity contribution in [3.05, 3.63) is 35.9 Å². The molecule has 0 saturated heterocycles. The summed E-state index contributed by atoms with van der Waals surface area (Å²) >= 11 is 5.72. The standard InChI is InChI=1S/C9H8ClN3/c10-9-12-6-11-8(13-9)7-4-2-1-3-5-7/h1-5H,6H2,(H,11,12,13). The van der Waals surface area contributed by atoms with Crippen molar-refractivity contribution in [1.82, 2.24) is 5.32 Å². The molecule has 0 unspecified atom stereocenters. The molecule has 1 aromatic rings. The van der Waals surface area contributed by atoms with Gasteiger partial charge in [-0.2, -0.15) is 0 Å². The van der Waals surface area contributed by atoms with Gasteiger partial charge >= 0.3 is 0 Å². The molecule has 4 heteroatoms. The second-order valence-electron chi connectivity index (χ2n) is 2.59. The van der Waals surface area contributed by atoms with Gasteiger partial charge in [0.05, 0.1) is 0 Å². The molecule has 1 aliphatic rings. The predicted molar refractivity (Wildman–Crippen MR) is 54.3 cm³/mol. The Morgan fingerprint density at radius 1 is 1.15 bits per heavy atom. The fourth-order valence-electron chi connectivity index (χ4n) is 1.10. The summed E-state index contributed by atoms with van der Waals surface area (Å²) in [6.45, 7) is 0.399. The van der Waals surface area contributed by atoms with Gasteiger partial charge in [0.15, 0.2) is 5.29 Å². The lowest BCUT2D eigenvalue weighted by atomic mass is 10.2. The molecular weight excluding hydrogens is 186 g/mol. The Labute approximate surface area is 81.2 Å². The van der Waals surface area contributed by atoms with Crippen molar-refractivity contribution < 1.29 is 0 Å². The Hall–Kier alpha value is -1.35. The van der Waals surface area contributed by atoms with Crippen molar-refractivity contribution in [1.29, 1.82) is 0 Å². The molecular formula is C9H8ClN3. The summed E-state index contributed by atoms with van der Waals surface area (Å²) in [6.07, 6.45) is 0. The van der Waals surface area contributed by atoms with Crippen LogP contribution in [0, 0.1) is 0 Å². The van der Waals surface area contributed by atoms with Crippen LogP contribution < -0.4 is 5.32 Å². The Kier molecular flexibility index (Phi) is 2.27. The molecule has 0 aliphatic carbocycles. The molecule has 0 aromatic heterocycles. The minimum Gasteiger partial charge on any atom is -0.315 e. The van der Waals surface area contributed by atoms with Gasteiger partial charge in [-0.3, -0.25) is 0 Å². The van der Waals surface area contributed by atoms with Gasteiger partial charge in [-0.15, -0.1) is 0 Å². The van der Waals surface area contributed by atoms with Gasteiger partial charge in [-0.1, -0.05) is 30.3 Å². The molecule has 1 aromatic carbocycles. The van der Waals surface area contributed by atoms with E-state index in [1.165, 1.54) is 0 Å². The lowest BCUT2D eigenvalue weighted by Crippen LogP contribution is -2.31. The molecule has 66 valence electrons. The third-order valence-corrected chi connectivity index (χ3v) is 1.92. The van der Waals surface area contributed by atoms with Crippen LogP contribution in [0.25, 0.3) is 0 Å². The fourth-order valence-corrected chi connectivity index (χ4v) is 1.25. The Balaban J connectivity index is 2.24. The van der Waals surface area contributed by atoms with E-state index in [1.807, 2.05) is 30.3 Å². The molecule has 1 heterocycles. The average molecular weight is 194 g/mol. The van der Waals surface area contributed by atoms with Crippen LogP contribution in [0.2, 0.25) is 0 Å². The first-order valence-corrected chi connectivity index (χ1v) is 4.31. The number of nitrogens with one attached hydrogen (secondary N) is 1. The van der Waals surface area contributed by atoms with E-state index in [2.05, 4.69) is 15.3 Å². The van der Waals surface area contributed by atoms with Gasteiger partial charge in [0.2, 0.25) is 0 Å². The van der Waals surface area contributed by atoms with E-state index in [0.717, 1.165) is 11.4 Å². The molecule has 13 heavy (non-hydrogen) atoms. The maximum absolute atomic E-state index is 5.72. The number of rotatable bonds is 1. The number of hydrogen-bond donors (Lipinski definition) is 1. The van der Waals surface area contributed by atoms with E-state index in [4.69, 9.17) is 11.6 Å².